The Hall–Kier alpha value is -1.17. The van der Waals surface area contributed by atoms with Crippen molar-refractivity contribution < 1.29 is 14.2 Å². The first-order chi connectivity index (χ1) is 8.10. The van der Waals surface area contributed by atoms with Crippen LogP contribution in [0, 0.1) is 12.7 Å². The van der Waals surface area contributed by atoms with Crippen molar-refractivity contribution >= 4 is 22.9 Å². The molecule has 0 aliphatic carbocycles. The quantitative estimate of drug-likeness (QED) is 0.930. The van der Waals surface area contributed by atoms with Crippen LogP contribution in [0.1, 0.15) is 10.4 Å². The smallest absolute Gasteiger partial charge is 0.280 e. The van der Waals surface area contributed by atoms with Crippen molar-refractivity contribution in [3.05, 3.63) is 39.6 Å². The topological polar surface area (TPSA) is 42.4 Å². The molecule has 1 heterocycles. The van der Waals surface area contributed by atoms with Gasteiger partial charge in [-0.3, -0.25) is 0 Å². The average molecular weight is 274 g/mol. The molecule has 6 heteroatoms. The van der Waals surface area contributed by atoms with E-state index in [1.807, 2.05) is 0 Å². The number of ether oxygens (including phenoxy) is 1. The Morgan fingerprint density at radius 3 is 2.94 bits per heavy atom. The van der Waals surface area contributed by atoms with E-state index in [2.05, 4.69) is 4.98 Å². The third-order valence-electron chi connectivity index (χ3n) is 2.12. The van der Waals surface area contributed by atoms with E-state index >= 15 is 0 Å². The van der Waals surface area contributed by atoms with Gasteiger partial charge < -0.3 is 9.84 Å². The van der Waals surface area contributed by atoms with Crippen LogP contribution < -0.4 is 4.74 Å². The molecule has 2 rings (SSSR count). The molecule has 0 fully saturated rings. The summed E-state index contributed by atoms with van der Waals surface area (Å²) in [6, 6.07) is 4.26. The van der Waals surface area contributed by atoms with Gasteiger partial charge in [-0.1, -0.05) is 29.0 Å². The molecular weight excluding hydrogens is 265 g/mol. The van der Waals surface area contributed by atoms with Crippen molar-refractivity contribution in [3.63, 3.8) is 0 Å². The molecule has 90 valence electrons. The van der Waals surface area contributed by atoms with E-state index in [0.29, 0.717) is 10.6 Å². The summed E-state index contributed by atoms with van der Waals surface area (Å²) in [7, 11) is 0. The molecule has 0 atom stereocenters. The van der Waals surface area contributed by atoms with Crippen LogP contribution in [0.4, 0.5) is 4.39 Å². The van der Waals surface area contributed by atoms with Crippen molar-refractivity contribution in [2.75, 3.05) is 0 Å². The maximum Gasteiger partial charge on any atom is 0.280 e. The van der Waals surface area contributed by atoms with Gasteiger partial charge in [0.1, 0.15) is 16.7 Å². The van der Waals surface area contributed by atoms with Crippen LogP contribution in [0.2, 0.25) is 5.15 Å². The van der Waals surface area contributed by atoms with Gasteiger partial charge in [0.2, 0.25) is 0 Å². The Balaban J connectivity index is 2.27. The molecule has 1 aromatic carbocycles. The summed E-state index contributed by atoms with van der Waals surface area (Å²) in [5.41, 5.74) is 0.795. The third-order valence-corrected chi connectivity index (χ3v) is 3.46. The first kappa shape index (κ1) is 12.3. The molecule has 1 N–H and O–H groups in total. The van der Waals surface area contributed by atoms with Crippen molar-refractivity contribution in [3.8, 4) is 10.9 Å². The SMILES string of the molecule is Cc1ccc(F)cc1Oc1nc(Cl)c(CO)s1. The van der Waals surface area contributed by atoms with Gasteiger partial charge >= 0.3 is 0 Å². The first-order valence-corrected chi connectivity index (χ1v) is 5.99. The highest BCUT2D eigenvalue weighted by Crippen LogP contribution is 2.33. The fraction of sp³-hybridized carbons (Fsp3) is 0.182. The maximum atomic E-state index is 13.0. The standard InChI is InChI=1S/C11H9ClFNO2S/c1-6-2-3-7(13)4-8(6)16-11-14-10(12)9(5-15)17-11/h2-4,15H,5H2,1H3. The van der Waals surface area contributed by atoms with Gasteiger partial charge in [0.25, 0.3) is 5.19 Å². The second-order valence-corrected chi connectivity index (χ2v) is 4.77. The molecule has 0 saturated heterocycles. The number of aliphatic hydroxyl groups excluding tert-OH is 1. The minimum atomic E-state index is -0.379. The number of thiazole rings is 1. The fourth-order valence-corrected chi connectivity index (χ4v) is 2.21. The molecule has 17 heavy (non-hydrogen) atoms. The van der Waals surface area contributed by atoms with E-state index in [4.69, 9.17) is 21.4 Å². The average Bonchev–Trinajstić information content (AvgIpc) is 2.64. The second kappa shape index (κ2) is 5.00. The minimum absolute atomic E-state index is 0.192. The number of halogens is 2. The Labute approximate surface area is 106 Å². The third kappa shape index (κ3) is 2.74. The lowest BCUT2D eigenvalue weighted by molar-refractivity contribution is 0.285. The monoisotopic (exact) mass is 273 g/mol. The molecule has 3 nitrogen and oxygen atoms in total. The minimum Gasteiger partial charge on any atom is -0.430 e. The van der Waals surface area contributed by atoms with Crippen LogP contribution in [-0.2, 0) is 6.61 Å². The zero-order valence-corrected chi connectivity index (χ0v) is 10.5. The first-order valence-electron chi connectivity index (χ1n) is 4.80. The van der Waals surface area contributed by atoms with Gasteiger partial charge in [-0.25, -0.2) is 4.39 Å². The summed E-state index contributed by atoms with van der Waals surface area (Å²) in [6.45, 7) is 1.61. The van der Waals surface area contributed by atoms with Crippen LogP contribution in [0.25, 0.3) is 0 Å². The van der Waals surface area contributed by atoms with E-state index in [-0.39, 0.29) is 22.8 Å². The van der Waals surface area contributed by atoms with Gasteiger partial charge in [0, 0.05) is 6.07 Å². The molecule has 1 aromatic heterocycles. The van der Waals surface area contributed by atoms with E-state index in [1.165, 1.54) is 12.1 Å². The normalized spacial score (nSPS) is 10.6. The van der Waals surface area contributed by atoms with Gasteiger partial charge in [-0.15, -0.1) is 0 Å². The number of aliphatic hydroxyl groups is 1. The number of hydrogen-bond acceptors (Lipinski definition) is 4. The van der Waals surface area contributed by atoms with Crippen molar-refractivity contribution in [1.82, 2.24) is 4.98 Å². The van der Waals surface area contributed by atoms with Gasteiger partial charge in [0.15, 0.2) is 0 Å². The largest absolute Gasteiger partial charge is 0.430 e. The molecule has 0 amide bonds. The van der Waals surface area contributed by atoms with Crippen LogP contribution in [0.3, 0.4) is 0 Å². The Morgan fingerprint density at radius 1 is 1.53 bits per heavy atom. The number of rotatable bonds is 3. The summed E-state index contributed by atoms with van der Waals surface area (Å²) in [5.74, 6) is 0.00976. The predicted octanol–water partition coefficient (Wildman–Crippen LogP) is 3.53. The van der Waals surface area contributed by atoms with Gasteiger partial charge in [-0.05, 0) is 18.6 Å². The highest BCUT2D eigenvalue weighted by molar-refractivity contribution is 7.13. The van der Waals surface area contributed by atoms with E-state index in [0.717, 1.165) is 16.9 Å². The molecule has 0 spiro atoms. The van der Waals surface area contributed by atoms with E-state index in [1.54, 1.807) is 13.0 Å². The Kier molecular flexibility index (Phi) is 3.61. The maximum absolute atomic E-state index is 13.0. The van der Waals surface area contributed by atoms with Gasteiger partial charge in [-0.2, -0.15) is 4.98 Å². The van der Waals surface area contributed by atoms with Gasteiger partial charge in [0.05, 0.1) is 11.5 Å². The van der Waals surface area contributed by atoms with E-state index in [9.17, 15) is 4.39 Å². The number of aromatic nitrogens is 1. The van der Waals surface area contributed by atoms with Crippen molar-refractivity contribution in [2.24, 2.45) is 0 Å². The lowest BCUT2D eigenvalue weighted by atomic mass is 10.2. The molecule has 0 aliphatic heterocycles. The highest BCUT2D eigenvalue weighted by Gasteiger charge is 2.11. The van der Waals surface area contributed by atoms with Crippen molar-refractivity contribution in [2.45, 2.75) is 13.5 Å². The zero-order chi connectivity index (χ0) is 12.4. The molecule has 0 unspecified atom stereocenters. The molecule has 2 aromatic rings. The highest BCUT2D eigenvalue weighted by atomic mass is 35.5. The molecule has 0 saturated carbocycles. The van der Waals surface area contributed by atoms with Crippen molar-refractivity contribution in [1.29, 1.82) is 0 Å². The van der Waals surface area contributed by atoms with Crippen LogP contribution in [-0.4, -0.2) is 10.1 Å². The summed E-state index contributed by atoms with van der Waals surface area (Å²) < 4.78 is 18.5. The summed E-state index contributed by atoms with van der Waals surface area (Å²) >= 11 is 6.90. The lowest BCUT2D eigenvalue weighted by Crippen LogP contribution is -1.87. The van der Waals surface area contributed by atoms with Crippen LogP contribution in [0.5, 0.6) is 10.9 Å². The summed E-state index contributed by atoms with van der Waals surface area (Å²) in [4.78, 5) is 4.45. The lowest BCUT2D eigenvalue weighted by Gasteiger charge is -2.04. The number of nitrogens with zero attached hydrogens (tertiary/aromatic N) is 1. The molecule has 0 radical (unpaired) electrons. The Morgan fingerprint density at radius 2 is 2.29 bits per heavy atom. The Bertz CT molecular complexity index is 544. The number of benzene rings is 1. The summed E-state index contributed by atoms with van der Waals surface area (Å²) in [6.07, 6.45) is 0. The fourth-order valence-electron chi connectivity index (χ4n) is 1.23. The van der Waals surface area contributed by atoms with E-state index < -0.39 is 0 Å². The molecular formula is C11H9ClFNO2S. The van der Waals surface area contributed by atoms with Crippen LogP contribution in [0.15, 0.2) is 18.2 Å². The summed E-state index contributed by atoms with van der Waals surface area (Å²) in [5, 5.41) is 9.46. The number of hydrogen-bond donors (Lipinski definition) is 1. The second-order valence-electron chi connectivity index (χ2n) is 3.36. The number of aryl methyl sites for hydroxylation is 1. The molecule has 0 aliphatic rings. The van der Waals surface area contributed by atoms with Crippen LogP contribution >= 0.6 is 22.9 Å². The molecule has 0 bridgehead atoms. The zero-order valence-electron chi connectivity index (χ0n) is 8.91. The predicted molar refractivity (Wildman–Crippen MR) is 64.3 cm³/mol.